The molecule has 2 aromatic carbocycles. The van der Waals surface area contributed by atoms with Crippen molar-refractivity contribution >= 4 is 6.16 Å². The fraction of sp³-hybridized carbons (Fsp3) is 0.806. The molecule has 2 saturated heterocycles. The van der Waals surface area contributed by atoms with Gasteiger partial charge in [-0.25, -0.2) is 4.79 Å². The Morgan fingerprint density at radius 2 is 0.917 bits per heavy atom. The quantitative estimate of drug-likeness (QED) is 0.107. The van der Waals surface area contributed by atoms with Crippen LogP contribution in [0.1, 0.15) is 233 Å². The van der Waals surface area contributed by atoms with Gasteiger partial charge < -0.3 is 18.9 Å². The minimum absolute atomic E-state index is 0.0370. The number of hydrogen-bond donors (Lipinski definition) is 0. The summed E-state index contributed by atoms with van der Waals surface area (Å²) in [6.45, 7) is 25.5. The van der Waals surface area contributed by atoms with Crippen LogP contribution in [0.15, 0.2) is 48.5 Å². The van der Waals surface area contributed by atoms with Gasteiger partial charge in [0.05, 0.1) is 12.2 Å². The zero-order valence-electron chi connectivity index (χ0n) is 47.0. The number of epoxide rings is 2. The van der Waals surface area contributed by atoms with Crippen LogP contribution in [0.4, 0.5) is 4.79 Å². The second-order valence-corrected chi connectivity index (χ2v) is 29.6. The SMILES string of the molecule is CC(C)CCC[C@@H](C)[C@H]1CC[C@H]2[C@@H]3C[C@@H]4OC45C[C@@H](c4ccc(OC(=O)Oc6ccc([C@H]7CC[C@]8(C)[C@H]9CC[C@]%10(C)[C@@H]([C@H](C)CCCC(C)C)CC[C@H]%10[C@@H]9C[C@@H]9OC98C7)cc6)cc4)CC[C@]5(C)[C@H]3CC[C@]12C. The monoisotopic (exact) mass is 983 g/mol. The summed E-state index contributed by atoms with van der Waals surface area (Å²) in [5.74, 6) is 12.2. The van der Waals surface area contributed by atoms with Crippen LogP contribution in [0.5, 0.6) is 11.5 Å². The maximum Gasteiger partial charge on any atom is 0.519 e. The van der Waals surface area contributed by atoms with Gasteiger partial charge in [0.15, 0.2) is 0 Å². The first-order valence-electron chi connectivity index (χ1n) is 30.9. The van der Waals surface area contributed by atoms with Crippen LogP contribution in [0, 0.1) is 92.7 Å². The summed E-state index contributed by atoms with van der Waals surface area (Å²) >= 11 is 0. The lowest BCUT2D eigenvalue weighted by Gasteiger charge is -2.60. The van der Waals surface area contributed by atoms with Gasteiger partial charge in [-0.3, -0.25) is 0 Å². The summed E-state index contributed by atoms with van der Waals surface area (Å²) in [5.41, 5.74) is 4.35. The van der Waals surface area contributed by atoms with E-state index in [4.69, 9.17) is 18.9 Å². The molecule has 8 aliphatic carbocycles. The highest BCUT2D eigenvalue weighted by atomic mass is 16.7. The summed E-state index contributed by atoms with van der Waals surface area (Å²) in [7, 11) is 0. The number of hydrogen-bond acceptors (Lipinski definition) is 5. The highest BCUT2D eigenvalue weighted by Gasteiger charge is 2.77. The predicted molar refractivity (Wildman–Crippen MR) is 290 cm³/mol. The highest BCUT2D eigenvalue weighted by Crippen LogP contribution is 2.77. The molecule has 10 aliphatic rings. The zero-order valence-corrected chi connectivity index (χ0v) is 47.0. The third-order valence-electron chi connectivity index (χ3n) is 25.7. The first-order chi connectivity index (χ1) is 34.4. The van der Waals surface area contributed by atoms with Gasteiger partial charge >= 0.3 is 6.16 Å². The zero-order chi connectivity index (χ0) is 50.2. The molecule has 20 atom stereocenters. The van der Waals surface area contributed by atoms with Crippen molar-refractivity contribution < 1.29 is 23.7 Å². The largest absolute Gasteiger partial charge is 0.519 e. The molecular weight excluding hydrogens is 885 g/mol. The second-order valence-electron chi connectivity index (χ2n) is 29.6. The van der Waals surface area contributed by atoms with E-state index >= 15 is 0 Å². The van der Waals surface area contributed by atoms with E-state index < -0.39 is 6.16 Å². The lowest BCUT2D eigenvalue weighted by atomic mass is 9.43. The molecule has 0 aromatic heterocycles. The van der Waals surface area contributed by atoms with E-state index in [1.807, 2.05) is 24.3 Å². The summed E-state index contributed by atoms with van der Waals surface area (Å²) < 4.78 is 25.6. The van der Waals surface area contributed by atoms with Gasteiger partial charge in [0.2, 0.25) is 0 Å². The normalized spacial score (nSPS) is 46.1. The topological polar surface area (TPSA) is 60.6 Å². The molecule has 0 bridgehead atoms. The van der Waals surface area contributed by atoms with E-state index in [1.54, 1.807) is 0 Å². The number of ether oxygens (including phenoxy) is 4. The highest BCUT2D eigenvalue weighted by molar-refractivity contribution is 5.67. The number of benzene rings is 2. The molecule has 5 heteroatoms. The molecule has 12 rings (SSSR count). The number of fused-ring (bicyclic) bond motifs is 8. The molecule has 72 heavy (non-hydrogen) atoms. The molecule has 2 aliphatic heterocycles. The van der Waals surface area contributed by atoms with Gasteiger partial charge in [-0.2, -0.15) is 0 Å². The first-order valence-corrected chi connectivity index (χ1v) is 30.9. The average molecular weight is 984 g/mol. The Labute approximate surface area is 437 Å². The fourth-order valence-electron chi connectivity index (χ4n) is 21.8. The summed E-state index contributed by atoms with van der Waals surface area (Å²) in [6.07, 6.45) is 29.7. The third-order valence-corrected chi connectivity index (χ3v) is 25.7. The number of carbonyl (C=O) groups is 1. The first kappa shape index (κ1) is 50.4. The molecule has 2 aromatic rings. The Morgan fingerprint density at radius 3 is 1.31 bits per heavy atom. The lowest BCUT2D eigenvalue weighted by Crippen LogP contribution is -2.57. The van der Waals surface area contributed by atoms with Crippen LogP contribution < -0.4 is 9.47 Å². The molecule has 0 amide bonds. The molecule has 396 valence electrons. The molecular formula is C67H98O5. The van der Waals surface area contributed by atoms with Crippen LogP contribution in [0.3, 0.4) is 0 Å². The smallest absolute Gasteiger partial charge is 0.395 e. The lowest BCUT2D eigenvalue weighted by molar-refractivity contribution is -0.103. The van der Waals surface area contributed by atoms with E-state index in [0.29, 0.717) is 46.4 Å². The van der Waals surface area contributed by atoms with E-state index in [0.717, 1.165) is 83.9 Å². The van der Waals surface area contributed by atoms with Gasteiger partial charge in [0.25, 0.3) is 0 Å². The maximum absolute atomic E-state index is 13.2. The van der Waals surface area contributed by atoms with Crippen molar-refractivity contribution in [2.45, 2.75) is 246 Å². The summed E-state index contributed by atoms with van der Waals surface area (Å²) in [5, 5.41) is 0. The molecule has 0 radical (unpaired) electrons. The fourth-order valence-corrected chi connectivity index (χ4v) is 21.8. The van der Waals surface area contributed by atoms with E-state index in [9.17, 15) is 4.79 Å². The van der Waals surface area contributed by atoms with Crippen LogP contribution in [0.2, 0.25) is 0 Å². The summed E-state index contributed by atoms with van der Waals surface area (Å²) in [6, 6.07) is 16.7. The molecule has 10 fully saturated rings. The van der Waals surface area contributed by atoms with Crippen LogP contribution in [-0.4, -0.2) is 29.6 Å². The third kappa shape index (κ3) is 8.01. The maximum atomic E-state index is 13.2. The van der Waals surface area contributed by atoms with Crippen LogP contribution >= 0.6 is 0 Å². The molecule has 5 nitrogen and oxygen atoms in total. The van der Waals surface area contributed by atoms with Crippen molar-refractivity contribution in [3.63, 3.8) is 0 Å². The van der Waals surface area contributed by atoms with Gasteiger partial charge in [-0.15, -0.1) is 0 Å². The van der Waals surface area contributed by atoms with Crippen molar-refractivity contribution in [1.29, 1.82) is 0 Å². The number of carbonyl (C=O) groups excluding carboxylic acids is 1. The average Bonchev–Trinajstić information content (AvgIpc) is 4.15. The van der Waals surface area contributed by atoms with Crippen molar-refractivity contribution in [3.05, 3.63) is 59.7 Å². The van der Waals surface area contributed by atoms with Gasteiger partial charge in [-0.1, -0.05) is 132 Å². The van der Waals surface area contributed by atoms with Crippen molar-refractivity contribution in [1.82, 2.24) is 0 Å². The Hall–Kier alpha value is -2.37. The van der Waals surface area contributed by atoms with E-state index in [2.05, 4.69) is 93.5 Å². The van der Waals surface area contributed by atoms with Gasteiger partial charge in [-0.05, 0) is 232 Å². The Balaban J connectivity index is 0.625. The molecule has 2 heterocycles. The predicted octanol–water partition coefficient (Wildman–Crippen LogP) is 17.9. The molecule has 8 saturated carbocycles. The van der Waals surface area contributed by atoms with E-state index in [-0.39, 0.29) is 22.0 Å². The van der Waals surface area contributed by atoms with Crippen LogP contribution in [0.25, 0.3) is 0 Å². The van der Waals surface area contributed by atoms with E-state index in [1.165, 1.54) is 140 Å². The second kappa shape index (κ2) is 18.4. The summed E-state index contributed by atoms with van der Waals surface area (Å²) in [4.78, 5) is 13.2. The minimum atomic E-state index is -0.678. The number of rotatable bonds is 14. The Kier molecular flexibility index (Phi) is 12.9. The van der Waals surface area contributed by atoms with Crippen molar-refractivity contribution in [2.24, 2.45) is 92.7 Å². The van der Waals surface area contributed by atoms with Gasteiger partial charge in [0, 0.05) is 10.8 Å². The van der Waals surface area contributed by atoms with Crippen LogP contribution in [-0.2, 0) is 9.47 Å². The molecule has 2 unspecified atom stereocenters. The molecule has 0 N–H and O–H groups in total. The minimum Gasteiger partial charge on any atom is -0.395 e. The van der Waals surface area contributed by atoms with Crippen molar-refractivity contribution in [2.75, 3.05) is 0 Å². The molecule has 2 spiro atoms. The van der Waals surface area contributed by atoms with Crippen molar-refractivity contribution in [3.8, 4) is 11.5 Å². The Bertz CT molecular complexity index is 2130. The van der Waals surface area contributed by atoms with Gasteiger partial charge in [0.1, 0.15) is 22.7 Å². The standard InChI is InChI=1S/C67H98O5/c1-41(2)13-11-15-43(5)53-25-27-55-51-37-59-66(71-59)39-47(29-35-64(66,9)57(51)31-33-62(53,55)7)45-17-21-49(22-18-45)69-61(68)70-50-23-19-46(20-24-50)48-30-36-65(10)58-32-34-63(8)54(44(6)16-12-14-42(3)4)26-28-56(63)52(58)38-60-67(65,40-48)72-60/h17-24,41-44,47-48,51-60H,11-16,25-40H2,1-10H3/t43-,44-,47+,48+,51+,52+,53-,54-,55+,56+,57+,58+,59+,60+,62-,63-,64-,65-,66?,67?/m1/s1. The Morgan fingerprint density at radius 1 is 0.514 bits per heavy atom.